The SMILES string of the molecule is Cc1cn2c[n+](CC3=C(C(=O)[O-])N4C(=O)[C@@H](NC(=O)/C(=N\O[C@@H](C)C(=O)O)c5csc(N)n5)[C@H]4SC3)cc2s1. The minimum atomic E-state index is -1.48. The topological polar surface area (TPSA) is 196 Å². The molecule has 0 radical (unpaired) electrons. The van der Waals surface area contributed by atoms with E-state index >= 15 is 0 Å². The van der Waals surface area contributed by atoms with Crippen molar-refractivity contribution in [2.75, 3.05) is 11.5 Å². The molecule has 5 rings (SSSR count). The van der Waals surface area contributed by atoms with Gasteiger partial charge in [-0.05, 0) is 13.8 Å². The van der Waals surface area contributed by atoms with Crippen LogP contribution in [0, 0.1) is 6.92 Å². The molecule has 0 saturated carbocycles. The Kier molecular flexibility index (Phi) is 7.04. The lowest BCUT2D eigenvalue weighted by Gasteiger charge is -2.50. The van der Waals surface area contributed by atoms with E-state index in [1.165, 1.54) is 24.1 Å². The molecule has 2 aliphatic heterocycles. The Labute approximate surface area is 232 Å². The molecular formula is C22H21N7O7S3. The number of oxime groups is 1. The van der Waals surface area contributed by atoms with Gasteiger partial charge >= 0.3 is 5.97 Å². The van der Waals surface area contributed by atoms with E-state index in [0.29, 0.717) is 11.3 Å². The molecule has 3 atom stereocenters. The van der Waals surface area contributed by atoms with Crippen molar-refractivity contribution in [1.82, 2.24) is 19.6 Å². The average Bonchev–Trinajstić information content (AvgIpc) is 3.56. The molecule has 3 aromatic heterocycles. The summed E-state index contributed by atoms with van der Waals surface area (Å²) in [6.07, 6.45) is 4.35. The summed E-state index contributed by atoms with van der Waals surface area (Å²) in [4.78, 5) is 61.5. The van der Waals surface area contributed by atoms with Gasteiger partial charge in [0.15, 0.2) is 10.8 Å². The number of aryl methyl sites for hydroxylation is 1. The van der Waals surface area contributed by atoms with E-state index in [1.54, 1.807) is 11.3 Å². The molecule has 0 unspecified atom stereocenters. The molecular weight excluding hydrogens is 570 g/mol. The number of imidazole rings is 1. The second-order valence-electron chi connectivity index (χ2n) is 8.70. The largest absolute Gasteiger partial charge is 0.543 e. The molecule has 5 heterocycles. The fourth-order valence-corrected chi connectivity index (χ4v) is 6.88. The van der Waals surface area contributed by atoms with Crippen LogP contribution in [0.5, 0.6) is 0 Å². The van der Waals surface area contributed by atoms with E-state index in [9.17, 15) is 24.3 Å². The number of carbonyl (C=O) groups excluding carboxylic acids is 3. The van der Waals surface area contributed by atoms with E-state index in [2.05, 4.69) is 15.5 Å². The third-order valence-corrected chi connectivity index (χ3v) is 8.89. The van der Waals surface area contributed by atoms with Crippen LogP contribution < -0.4 is 20.7 Å². The van der Waals surface area contributed by atoms with Crippen molar-refractivity contribution in [2.45, 2.75) is 37.9 Å². The number of thioether (sulfide) groups is 1. The van der Waals surface area contributed by atoms with Crippen molar-refractivity contribution in [3.05, 3.63) is 45.9 Å². The van der Waals surface area contributed by atoms with Gasteiger partial charge in [0.25, 0.3) is 11.8 Å². The molecule has 4 N–H and O–H groups in total. The van der Waals surface area contributed by atoms with Gasteiger partial charge in [0.05, 0.1) is 11.7 Å². The number of hydrogen-bond donors (Lipinski definition) is 3. The smallest absolute Gasteiger partial charge is 0.347 e. The quantitative estimate of drug-likeness (QED) is 0.119. The van der Waals surface area contributed by atoms with Gasteiger partial charge in [0, 0.05) is 21.6 Å². The molecule has 3 aromatic rings. The number of β-lactam (4-membered cyclic amide) rings is 1. The monoisotopic (exact) mass is 591 g/mol. The van der Waals surface area contributed by atoms with Crippen molar-refractivity contribution < 1.29 is 38.8 Å². The molecule has 204 valence electrons. The van der Waals surface area contributed by atoms with E-state index < -0.39 is 41.3 Å². The molecule has 1 saturated heterocycles. The number of rotatable bonds is 9. The second kappa shape index (κ2) is 10.3. The Morgan fingerprint density at radius 2 is 2.21 bits per heavy atom. The maximum Gasteiger partial charge on any atom is 0.347 e. The highest BCUT2D eigenvalue weighted by molar-refractivity contribution is 8.00. The highest BCUT2D eigenvalue weighted by atomic mass is 32.2. The van der Waals surface area contributed by atoms with Gasteiger partial charge in [-0.2, -0.15) is 4.40 Å². The summed E-state index contributed by atoms with van der Waals surface area (Å²) >= 11 is 3.93. The Morgan fingerprint density at radius 3 is 2.85 bits per heavy atom. The number of carbonyl (C=O) groups is 4. The number of aromatic nitrogens is 3. The Balaban J connectivity index is 1.35. The maximum atomic E-state index is 13.1. The van der Waals surface area contributed by atoms with Crippen LogP contribution in [0.4, 0.5) is 5.13 Å². The summed E-state index contributed by atoms with van der Waals surface area (Å²) in [6, 6.07) is -1.06. The summed E-state index contributed by atoms with van der Waals surface area (Å²) in [7, 11) is 0. The first kappa shape index (κ1) is 26.6. The van der Waals surface area contributed by atoms with E-state index in [1.807, 2.05) is 34.6 Å². The lowest BCUT2D eigenvalue weighted by molar-refractivity contribution is -0.687. The molecule has 0 aromatic carbocycles. The number of fused-ring (bicyclic) bond motifs is 2. The zero-order chi connectivity index (χ0) is 28.0. The number of nitrogens with two attached hydrogens (primary N) is 1. The first-order chi connectivity index (χ1) is 18.5. The number of nitrogens with one attached hydrogen (secondary N) is 1. The molecule has 0 spiro atoms. The number of nitrogens with zero attached hydrogens (tertiary/aromatic N) is 5. The molecule has 0 aliphatic carbocycles. The lowest BCUT2D eigenvalue weighted by atomic mass is 10.0. The highest BCUT2D eigenvalue weighted by Gasteiger charge is 2.53. The standard InChI is InChI=1S/C22H21N7O7S3/c1-9-3-28-8-27(5-13(28)39-9)4-11-6-37-19-15(18(31)29(19)16(11)21(34)35)25-17(30)14(12-7-38-22(23)24-12)26-36-10(2)20(32)33/h3,5,7-8,10,15,19H,4,6H2,1-2H3,(H4-,23,24,25,30,32,33,34,35)/b26-14-/t10-,15+,19+/m0/s1. The number of thiazole rings is 2. The van der Waals surface area contributed by atoms with Gasteiger partial charge in [-0.25, -0.2) is 14.3 Å². The fourth-order valence-electron chi connectivity index (χ4n) is 4.11. The molecule has 14 nitrogen and oxygen atoms in total. The Hall–Kier alpha value is -3.96. The molecule has 17 heteroatoms. The van der Waals surface area contributed by atoms with E-state index in [4.69, 9.17) is 15.7 Å². The Morgan fingerprint density at radius 1 is 1.44 bits per heavy atom. The third kappa shape index (κ3) is 5.07. The van der Waals surface area contributed by atoms with Crippen molar-refractivity contribution >= 4 is 73.9 Å². The summed E-state index contributed by atoms with van der Waals surface area (Å²) in [6.45, 7) is 3.47. The van der Waals surface area contributed by atoms with Gasteiger partial charge in [0.2, 0.25) is 17.3 Å². The number of anilines is 1. The van der Waals surface area contributed by atoms with Gasteiger partial charge in [-0.1, -0.05) is 16.5 Å². The maximum absolute atomic E-state index is 13.1. The average molecular weight is 592 g/mol. The normalized spacial score (nSPS) is 20.0. The third-order valence-electron chi connectivity index (χ3n) is 5.92. The van der Waals surface area contributed by atoms with Crippen molar-refractivity contribution in [3.8, 4) is 0 Å². The number of carboxylic acids is 2. The van der Waals surface area contributed by atoms with Crippen molar-refractivity contribution in [1.29, 1.82) is 0 Å². The van der Waals surface area contributed by atoms with E-state index in [0.717, 1.165) is 25.9 Å². The zero-order valence-electron chi connectivity index (χ0n) is 20.4. The summed E-state index contributed by atoms with van der Waals surface area (Å²) in [5, 5.41) is 28.2. The van der Waals surface area contributed by atoms with Crippen molar-refractivity contribution in [3.63, 3.8) is 0 Å². The number of aliphatic carboxylic acids is 2. The molecule has 2 aliphatic rings. The van der Waals surface area contributed by atoms with Crippen LogP contribution in [-0.2, 0) is 30.6 Å². The van der Waals surface area contributed by atoms with Crippen LogP contribution in [0.15, 0.2) is 40.5 Å². The number of amides is 2. The van der Waals surface area contributed by atoms with Gasteiger partial charge in [-0.3, -0.25) is 14.5 Å². The van der Waals surface area contributed by atoms with Crippen LogP contribution in [0.1, 0.15) is 17.5 Å². The molecule has 0 bridgehead atoms. The highest BCUT2D eigenvalue weighted by Crippen LogP contribution is 2.40. The summed E-state index contributed by atoms with van der Waals surface area (Å²) in [5.74, 6) is -3.98. The first-order valence-electron chi connectivity index (χ1n) is 11.4. The number of hydrogen-bond acceptors (Lipinski definition) is 12. The summed E-state index contributed by atoms with van der Waals surface area (Å²) in [5.41, 5.74) is 5.60. The predicted molar refractivity (Wildman–Crippen MR) is 139 cm³/mol. The molecule has 2 amide bonds. The van der Waals surface area contributed by atoms with Gasteiger partial charge in [-0.15, -0.1) is 23.1 Å². The number of carboxylic acid groups (broad SMARTS) is 2. The minimum absolute atomic E-state index is 0.0322. The van der Waals surface area contributed by atoms with Gasteiger partial charge < -0.3 is 30.9 Å². The molecule has 39 heavy (non-hydrogen) atoms. The summed E-state index contributed by atoms with van der Waals surface area (Å²) < 4.78 is 3.78. The zero-order valence-corrected chi connectivity index (χ0v) is 22.8. The van der Waals surface area contributed by atoms with Crippen LogP contribution in [-0.4, -0.2) is 72.1 Å². The van der Waals surface area contributed by atoms with Crippen molar-refractivity contribution in [2.24, 2.45) is 5.16 Å². The lowest BCUT2D eigenvalue weighted by Crippen LogP contribution is -2.71. The first-order valence-corrected chi connectivity index (χ1v) is 14.1. The Bertz CT molecular complexity index is 1540. The number of nitrogen functional groups attached to an aromatic ring is 1. The van der Waals surface area contributed by atoms with Crippen LogP contribution in [0.2, 0.25) is 0 Å². The van der Waals surface area contributed by atoms with Gasteiger partial charge in [0.1, 0.15) is 36.0 Å². The van der Waals surface area contributed by atoms with Crippen LogP contribution in [0.25, 0.3) is 4.83 Å². The van der Waals surface area contributed by atoms with E-state index in [-0.39, 0.29) is 28.8 Å². The predicted octanol–water partition coefficient (Wildman–Crippen LogP) is -1.07. The minimum Gasteiger partial charge on any atom is -0.543 e. The van der Waals surface area contributed by atoms with Crippen LogP contribution in [0.3, 0.4) is 0 Å². The molecule has 1 fully saturated rings. The van der Waals surface area contributed by atoms with Crippen LogP contribution >= 0.6 is 34.4 Å². The fraction of sp³-hybridized carbons (Fsp3) is 0.318. The second-order valence-corrected chi connectivity index (χ2v) is 12.0.